The minimum atomic E-state index is -0.594. The van der Waals surface area contributed by atoms with Crippen LogP contribution < -0.4 is 5.56 Å². The van der Waals surface area contributed by atoms with Gasteiger partial charge in [0.15, 0.2) is 0 Å². The summed E-state index contributed by atoms with van der Waals surface area (Å²) in [5.74, 6) is -0.594. The third kappa shape index (κ3) is 3.30. The van der Waals surface area contributed by atoms with Crippen molar-refractivity contribution in [3.63, 3.8) is 0 Å². The van der Waals surface area contributed by atoms with Gasteiger partial charge in [0.05, 0.1) is 6.61 Å². The monoisotopic (exact) mass is 289 g/mol. The zero-order valence-electron chi connectivity index (χ0n) is 11.3. The van der Waals surface area contributed by atoms with Crippen LogP contribution in [0.5, 0.6) is 0 Å². The normalized spacial score (nSPS) is 10.3. The number of aryl methyl sites for hydroxylation is 1. The van der Waals surface area contributed by atoms with E-state index in [2.05, 4.69) is 4.98 Å². The van der Waals surface area contributed by atoms with E-state index in [1.807, 2.05) is 37.3 Å². The maximum Gasteiger partial charge on any atom is 0.343 e. The van der Waals surface area contributed by atoms with Crippen molar-refractivity contribution in [1.29, 1.82) is 0 Å². The van der Waals surface area contributed by atoms with Gasteiger partial charge in [-0.25, -0.2) is 4.79 Å². The predicted octanol–water partition coefficient (Wildman–Crippen LogP) is 3.01. The lowest BCUT2D eigenvalue weighted by molar-refractivity contribution is 0.0524. The summed E-state index contributed by atoms with van der Waals surface area (Å²) in [6, 6.07) is 11.3. The average molecular weight is 289 g/mol. The molecule has 0 saturated heterocycles. The molecule has 0 aliphatic heterocycles. The van der Waals surface area contributed by atoms with E-state index in [4.69, 9.17) is 4.74 Å². The van der Waals surface area contributed by atoms with Gasteiger partial charge in [-0.05, 0) is 32.0 Å². The maximum atomic E-state index is 11.8. The molecule has 4 nitrogen and oxygen atoms in total. The Morgan fingerprint density at radius 2 is 2.00 bits per heavy atom. The molecule has 1 heterocycles. The first-order valence-electron chi connectivity index (χ1n) is 6.25. The van der Waals surface area contributed by atoms with Crippen molar-refractivity contribution in [3.8, 4) is 0 Å². The van der Waals surface area contributed by atoms with E-state index >= 15 is 0 Å². The molecule has 0 unspecified atom stereocenters. The summed E-state index contributed by atoms with van der Waals surface area (Å²) < 4.78 is 4.89. The lowest BCUT2D eigenvalue weighted by Crippen LogP contribution is -2.20. The molecule has 0 saturated carbocycles. The predicted molar refractivity (Wildman–Crippen MR) is 78.3 cm³/mol. The quantitative estimate of drug-likeness (QED) is 0.879. The fourth-order valence-electron chi connectivity index (χ4n) is 1.69. The van der Waals surface area contributed by atoms with E-state index in [0.717, 1.165) is 15.5 Å². The Morgan fingerprint density at radius 3 is 2.65 bits per heavy atom. The summed E-state index contributed by atoms with van der Waals surface area (Å²) in [5.41, 5.74) is 0.353. The molecule has 0 aliphatic carbocycles. The molecule has 0 aliphatic rings. The standard InChI is InChI=1S/C15H15NO3S/c1-3-19-15(18)12-9-13(10(2)16-14(12)17)20-11-7-5-4-6-8-11/h4-9H,3H2,1-2H3,(H,16,17). The third-order valence-electron chi connectivity index (χ3n) is 2.66. The summed E-state index contributed by atoms with van der Waals surface area (Å²) in [7, 11) is 0. The van der Waals surface area contributed by atoms with Crippen molar-refractivity contribution in [1.82, 2.24) is 4.98 Å². The Balaban J connectivity index is 2.36. The minimum Gasteiger partial charge on any atom is -0.462 e. The molecule has 1 aromatic carbocycles. The first kappa shape index (κ1) is 14.4. The number of ether oxygens (including phenoxy) is 1. The second kappa shape index (κ2) is 6.43. The number of hydrogen-bond acceptors (Lipinski definition) is 4. The van der Waals surface area contributed by atoms with E-state index in [0.29, 0.717) is 0 Å². The summed E-state index contributed by atoms with van der Waals surface area (Å²) in [6.07, 6.45) is 0. The van der Waals surface area contributed by atoms with E-state index in [1.54, 1.807) is 13.0 Å². The fourth-order valence-corrected chi connectivity index (χ4v) is 2.61. The molecule has 104 valence electrons. The maximum absolute atomic E-state index is 11.8. The minimum absolute atomic E-state index is 0.0379. The van der Waals surface area contributed by atoms with Gasteiger partial charge >= 0.3 is 5.97 Å². The highest BCUT2D eigenvalue weighted by Crippen LogP contribution is 2.29. The Hall–Kier alpha value is -2.01. The van der Waals surface area contributed by atoms with Crippen LogP contribution in [0.4, 0.5) is 0 Å². The van der Waals surface area contributed by atoms with Gasteiger partial charge in [0, 0.05) is 15.5 Å². The number of H-pyrrole nitrogens is 1. The second-order valence-electron chi connectivity index (χ2n) is 4.14. The Labute approximate surface area is 121 Å². The number of aromatic amines is 1. The van der Waals surface area contributed by atoms with Gasteiger partial charge in [0.2, 0.25) is 0 Å². The average Bonchev–Trinajstić information content (AvgIpc) is 2.43. The lowest BCUT2D eigenvalue weighted by Gasteiger charge is -2.08. The zero-order valence-corrected chi connectivity index (χ0v) is 12.1. The number of carbonyl (C=O) groups excluding carboxylic acids is 1. The number of pyridine rings is 1. The van der Waals surface area contributed by atoms with Crippen LogP contribution in [0, 0.1) is 6.92 Å². The largest absolute Gasteiger partial charge is 0.462 e. The van der Waals surface area contributed by atoms with Gasteiger partial charge < -0.3 is 9.72 Å². The SMILES string of the molecule is CCOC(=O)c1cc(Sc2ccccc2)c(C)[nH]c1=O. The van der Waals surface area contributed by atoms with E-state index in [-0.39, 0.29) is 12.2 Å². The van der Waals surface area contributed by atoms with Crippen molar-refractivity contribution < 1.29 is 9.53 Å². The van der Waals surface area contributed by atoms with Gasteiger partial charge in [0.1, 0.15) is 5.56 Å². The lowest BCUT2D eigenvalue weighted by atomic mass is 10.2. The highest BCUT2D eigenvalue weighted by molar-refractivity contribution is 7.99. The highest BCUT2D eigenvalue weighted by Gasteiger charge is 2.14. The smallest absolute Gasteiger partial charge is 0.343 e. The molecule has 0 spiro atoms. The van der Waals surface area contributed by atoms with Gasteiger partial charge in [-0.1, -0.05) is 30.0 Å². The number of hydrogen-bond donors (Lipinski definition) is 1. The molecule has 0 fully saturated rings. The number of nitrogens with one attached hydrogen (secondary N) is 1. The molecule has 1 N–H and O–H groups in total. The molecule has 0 amide bonds. The molecular weight excluding hydrogens is 274 g/mol. The van der Waals surface area contributed by atoms with Crippen molar-refractivity contribution >= 4 is 17.7 Å². The summed E-state index contributed by atoms with van der Waals surface area (Å²) in [5, 5.41) is 0. The number of rotatable bonds is 4. The summed E-state index contributed by atoms with van der Waals surface area (Å²) in [6.45, 7) is 3.76. The van der Waals surface area contributed by atoms with Crippen LogP contribution in [0.1, 0.15) is 23.0 Å². The van der Waals surface area contributed by atoms with Crippen LogP contribution in [0.3, 0.4) is 0 Å². The van der Waals surface area contributed by atoms with Crippen LogP contribution in [0.25, 0.3) is 0 Å². The molecule has 0 radical (unpaired) electrons. The summed E-state index contributed by atoms with van der Waals surface area (Å²) in [4.78, 5) is 28.1. The first-order chi connectivity index (χ1) is 9.61. The number of aromatic nitrogens is 1. The number of esters is 1. The molecular formula is C15H15NO3S. The Morgan fingerprint density at radius 1 is 1.30 bits per heavy atom. The number of benzene rings is 1. The molecule has 1 aromatic heterocycles. The fraction of sp³-hybridized carbons (Fsp3) is 0.200. The topological polar surface area (TPSA) is 59.2 Å². The molecule has 2 aromatic rings. The van der Waals surface area contributed by atoms with Crippen LogP contribution in [0.15, 0.2) is 51.0 Å². The van der Waals surface area contributed by atoms with Gasteiger partial charge in [-0.15, -0.1) is 0 Å². The van der Waals surface area contributed by atoms with E-state index < -0.39 is 11.5 Å². The highest BCUT2D eigenvalue weighted by atomic mass is 32.2. The Kier molecular flexibility index (Phi) is 4.63. The second-order valence-corrected chi connectivity index (χ2v) is 5.25. The zero-order chi connectivity index (χ0) is 14.5. The molecule has 20 heavy (non-hydrogen) atoms. The van der Waals surface area contributed by atoms with Crippen LogP contribution in [0.2, 0.25) is 0 Å². The summed E-state index contributed by atoms with van der Waals surface area (Å²) >= 11 is 1.49. The van der Waals surface area contributed by atoms with Gasteiger partial charge in [-0.2, -0.15) is 0 Å². The van der Waals surface area contributed by atoms with Gasteiger partial charge in [0.25, 0.3) is 5.56 Å². The van der Waals surface area contributed by atoms with Crippen LogP contribution in [-0.2, 0) is 4.74 Å². The molecule has 5 heteroatoms. The first-order valence-corrected chi connectivity index (χ1v) is 7.07. The Bertz CT molecular complexity index is 665. The third-order valence-corrected chi connectivity index (χ3v) is 3.81. The van der Waals surface area contributed by atoms with E-state index in [1.165, 1.54) is 11.8 Å². The van der Waals surface area contributed by atoms with Crippen molar-refractivity contribution in [2.75, 3.05) is 6.61 Å². The molecule has 2 rings (SSSR count). The number of carbonyl (C=O) groups is 1. The van der Waals surface area contributed by atoms with Crippen molar-refractivity contribution in [2.45, 2.75) is 23.6 Å². The van der Waals surface area contributed by atoms with Crippen molar-refractivity contribution in [2.24, 2.45) is 0 Å². The van der Waals surface area contributed by atoms with Crippen molar-refractivity contribution in [3.05, 3.63) is 58.0 Å². The molecule has 0 atom stereocenters. The molecule has 0 bridgehead atoms. The van der Waals surface area contributed by atoms with E-state index in [9.17, 15) is 9.59 Å². The van der Waals surface area contributed by atoms with Crippen LogP contribution >= 0.6 is 11.8 Å². The van der Waals surface area contributed by atoms with Gasteiger partial charge in [-0.3, -0.25) is 4.79 Å². The van der Waals surface area contributed by atoms with Crippen LogP contribution in [-0.4, -0.2) is 17.6 Å².